The minimum Gasteiger partial charge on any atom is -0.422 e. The number of aromatic nitrogens is 1. The zero-order valence-corrected chi connectivity index (χ0v) is 10.8. The average molecular weight is 249 g/mol. The van der Waals surface area contributed by atoms with Crippen LogP contribution in [0.3, 0.4) is 0 Å². The second-order valence-electron chi connectivity index (χ2n) is 4.90. The van der Waals surface area contributed by atoms with Crippen molar-refractivity contribution < 1.29 is 9.53 Å². The summed E-state index contributed by atoms with van der Waals surface area (Å²) in [7, 11) is 0. The van der Waals surface area contributed by atoms with Gasteiger partial charge in [-0.25, -0.2) is 4.98 Å². The van der Waals surface area contributed by atoms with Crippen LogP contribution in [-0.4, -0.2) is 30.1 Å². The Morgan fingerprint density at radius 3 is 3.00 bits per heavy atom. The van der Waals surface area contributed by atoms with E-state index in [1.165, 1.54) is 0 Å². The molecule has 1 aromatic heterocycles. The van der Waals surface area contributed by atoms with Gasteiger partial charge in [-0.2, -0.15) is 0 Å². The number of nitrogens with two attached hydrogens (primary N) is 1. The predicted octanol–water partition coefficient (Wildman–Crippen LogP) is 1.18. The molecule has 0 radical (unpaired) electrons. The van der Waals surface area contributed by atoms with Crippen LogP contribution in [0.5, 0.6) is 5.75 Å². The fourth-order valence-corrected chi connectivity index (χ4v) is 1.91. The van der Waals surface area contributed by atoms with Crippen molar-refractivity contribution in [2.45, 2.75) is 26.3 Å². The number of carbonyl (C=O) groups excluding carboxylic acids is 1. The Morgan fingerprint density at radius 1 is 1.61 bits per heavy atom. The smallest absolute Gasteiger partial charge is 0.313 e. The molecule has 5 heteroatoms. The molecule has 0 aromatic carbocycles. The molecule has 1 fully saturated rings. The van der Waals surface area contributed by atoms with Crippen LogP contribution < -0.4 is 15.4 Å². The van der Waals surface area contributed by atoms with E-state index in [0.29, 0.717) is 11.6 Å². The fourth-order valence-electron chi connectivity index (χ4n) is 1.91. The van der Waals surface area contributed by atoms with Gasteiger partial charge in [0.15, 0.2) is 11.6 Å². The summed E-state index contributed by atoms with van der Waals surface area (Å²) in [6, 6.07) is 3.70. The van der Waals surface area contributed by atoms with Gasteiger partial charge in [-0.1, -0.05) is 13.8 Å². The van der Waals surface area contributed by atoms with Gasteiger partial charge < -0.3 is 15.4 Å². The van der Waals surface area contributed by atoms with Gasteiger partial charge in [-0.05, 0) is 18.6 Å². The standard InChI is InChI=1S/C13H19N3O2/c1-9(2)13(17)18-11-4-3-6-15-12(11)16-7-5-10(14)8-16/h3-4,6,9-10H,5,7-8,14H2,1-2H3/t10-/m1/s1. The van der Waals surface area contributed by atoms with E-state index < -0.39 is 0 Å². The van der Waals surface area contributed by atoms with Crippen molar-refractivity contribution >= 4 is 11.8 Å². The first-order valence-electron chi connectivity index (χ1n) is 6.25. The third-order valence-corrected chi connectivity index (χ3v) is 2.96. The second-order valence-corrected chi connectivity index (χ2v) is 4.90. The largest absolute Gasteiger partial charge is 0.422 e. The molecule has 0 spiro atoms. The predicted molar refractivity (Wildman–Crippen MR) is 69.5 cm³/mol. The Morgan fingerprint density at radius 2 is 2.39 bits per heavy atom. The highest BCUT2D eigenvalue weighted by Gasteiger charge is 2.24. The van der Waals surface area contributed by atoms with Gasteiger partial charge in [0.05, 0.1) is 5.92 Å². The zero-order chi connectivity index (χ0) is 13.1. The number of hydrogen-bond donors (Lipinski definition) is 1. The van der Waals surface area contributed by atoms with E-state index in [-0.39, 0.29) is 17.9 Å². The average Bonchev–Trinajstić information content (AvgIpc) is 2.76. The molecule has 98 valence electrons. The Bertz CT molecular complexity index is 434. The van der Waals surface area contributed by atoms with Crippen molar-refractivity contribution in [2.24, 2.45) is 11.7 Å². The zero-order valence-electron chi connectivity index (χ0n) is 10.8. The number of ether oxygens (including phenoxy) is 1. The highest BCUT2D eigenvalue weighted by atomic mass is 16.5. The van der Waals surface area contributed by atoms with Gasteiger partial charge in [-0.15, -0.1) is 0 Å². The monoisotopic (exact) mass is 249 g/mol. The first-order valence-corrected chi connectivity index (χ1v) is 6.25. The maximum absolute atomic E-state index is 11.7. The summed E-state index contributed by atoms with van der Waals surface area (Å²) >= 11 is 0. The molecule has 0 bridgehead atoms. The molecular weight excluding hydrogens is 230 g/mol. The maximum Gasteiger partial charge on any atom is 0.313 e. The van der Waals surface area contributed by atoms with Gasteiger partial charge in [-0.3, -0.25) is 4.79 Å². The first kappa shape index (κ1) is 12.8. The van der Waals surface area contributed by atoms with Gasteiger partial charge in [0.25, 0.3) is 0 Å². The molecule has 2 rings (SSSR count). The van der Waals surface area contributed by atoms with Crippen molar-refractivity contribution in [2.75, 3.05) is 18.0 Å². The Hall–Kier alpha value is -1.62. The quantitative estimate of drug-likeness (QED) is 0.815. The van der Waals surface area contributed by atoms with E-state index in [1.54, 1.807) is 18.3 Å². The lowest BCUT2D eigenvalue weighted by atomic mass is 10.2. The first-order chi connectivity index (χ1) is 8.58. The minimum atomic E-state index is -0.243. The summed E-state index contributed by atoms with van der Waals surface area (Å²) in [4.78, 5) is 18.0. The summed E-state index contributed by atoms with van der Waals surface area (Å²) in [6.45, 7) is 5.22. The van der Waals surface area contributed by atoms with Crippen LogP contribution in [0.15, 0.2) is 18.3 Å². The molecule has 0 aliphatic carbocycles. The van der Waals surface area contributed by atoms with E-state index in [4.69, 9.17) is 10.5 Å². The Kier molecular flexibility index (Phi) is 3.81. The van der Waals surface area contributed by atoms with Crippen LogP contribution in [-0.2, 0) is 4.79 Å². The maximum atomic E-state index is 11.7. The van der Waals surface area contributed by atoms with Gasteiger partial charge >= 0.3 is 5.97 Å². The van der Waals surface area contributed by atoms with Gasteiger partial charge in [0, 0.05) is 25.3 Å². The third kappa shape index (κ3) is 2.79. The van der Waals surface area contributed by atoms with E-state index in [2.05, 4.69) is 9.88 Å². The van der Waals surface area contributed by atoms with Crippen LogP contribution in [0.25, 0.3) is 0 Å². The molecule has 1 atom stereocenters. The van der Waals surface area contributed by atoms with Crippen LogP contribution in [0.1, 0.15) is 20.3 Å². The number of anilines is 1. The van der Waals surface area contributed by atoms with Gasteiger partial charge in [0.1, 0.15) is 0 Å². The number of carbonyl (C=O) groups is 1. The van der Waals surface area contributed by atoms with Crippen molar-refractivity contribution in [3.05, 3.63) is 18.3 Å². The summed E-state index contributed by atoms with van der Waals surface area (Å²) in [5.74, 6) is 0.830. The summed E-state index contributed by atoms with van der Waals surface area (Å²) in [6.07, 6.45) is 2.64. The van der Waals surface area contributed by atoms with Crippen LogP contribution in [0.4, 0.5) is 5.82 Å². The van der Waals surface area contributed by atoms with Crippen LogP contribution in [0, 0.1) is 5.92 Å². The second kappa shape index (κ2) is 5.35. The van der Waals surface area contributed by atoms with E-state index >= 15 is 0 Å². The summed E-state index contributed by atoms with van der Waals surface area (Å²) in [5, 5.41) is 0. The molecule has 1 aliphatic rings. The summed E-state index contributed by atoms with van der Waals surface area (Å²) in [5.41, 5.74) is 5.88. The van der Waals surface area contributed by atoms with Crippen LogP contribution >= 0.6 is 0 Å². The number of rotatable bonds is 3. The molecule has 1 aromatic rings. The molecular formula is C13H19N3O2. The normalized spacial score (nSPS) is 19.3. The topological polar surface area (TPSA) is 68.5 Å². The highest BCUT2D eigenvalue weighted by Crippen LogP contribution is 2.28. The lowest BCUT2D eigenvalue weighted by molar-refractivity contribution is -0.137. The Labute approximate surface area is 107 Å². The molecule has 0 unspecified atom stereocenters. The van der Waals surface area contributed by atoms with Gasteiger partial charge in [0.2, 0.25) is 0 Å². The molecule has 0 saturated carbocycles. The SMILES string of the molecule is CC(C)C(=O)Oc1cccnc1N1CC[C@@H](N)C1. The number of hydrogen-bond acceptors (Lipinski definition) is 5. The molecule has 0 amide bonds. The lowest BCUT2D eigenvalue weighted by Gasteiger charge is -2.19. The lowest BCUT2D eigenvalue weighted by Crippen LogP contribution is -2.27. The minimum absolute atomic E-state index is 0.154. The summed E-state index contributed by atoms with van der Waals surface area (Å²) < 4.78 is 5.37. The van der Waals surface area contributed by atoms with Crippen molar-refractivity contribution in [1.29, 1.82) is 0 Å². The van der Waals surface area contributed by atoms with Crippen molar-refractivity contribution in [3.63, 3.8) is 0 Å². The fraction of sp³-hybridized carbons (Fsp3) is 0.538. The van der Waals surface area contributed by atoms with E-state index in [9.17, 15) is 4.79 Å². The molecule has 18 heavy (non-hydrogen) atoms. The molecule has 1 aliphatic heterocycles. The number of pyridine rings is 1. The number of esters is 1. The van der Waals surface area contributed by atoms with Crippen molar-refractivity contribution in [3.8, 4) is 5.75 Å². The third-order valence-electron chi connectivity index (χ3n) is 2.96. The molecule has 2 N–H and O–H groups in total. The Balaban J connectivity index is 2.18. The molecule has 2 heterocycles. The van der Waals surface area contributed by atoms with Crippen molar-refractivity contribution in [1.82, 2.24) is 4.98 Å². The van der Waals surface area contributed by atoms with E-state index in [0.717, 1.165) is 19.5 Å². The molecule has 1 saturated heterocycles. The molecule has 5 nitrogen and oxygen atoms in total. The van der Waals surface area contributed by atoms with E-state index in [1.807, 2.05) is 13.8 Å². The number of nitrogens with zero attached hydrogens (tertiary/aromatic N) is 2. The highest BCUT2D eigenvalue weighted by molar-refractivity contribution is 5.76. The van der Waals surface area contributed by atoms with Crippen LogP contribution in [0.2, 0.25) is 0 Å².